The van der Waals surface area contributed by atoms with Crippen LogP contribution >= 0.6 is 11.8 Å². The maximum absolute atomic E-state index is 12.9. The van der Waals surface area contributed by atoms with Gasteiger partial charge in [0.2, 0.25) is 0 Å². The van der Waals surface area contributed by atoms with E-state index in [-0.39, 0.29) is 28.3 Å². The van der Waals surface area contributed by atoms with E-state index in [9.17, 15) is 19.7 Å². The van der Waals surface area contributed by atoms with E-state index in [1.54, 1.807) is 42.7 Å². The molecule has 2 N–H and O–H groups in total. The van der Waals surface area contributed by atoms with Crippen molar-refractivity contribution in [2.75, 3.05) is 26.4 Å². The Hall–Kier alpha value is -2.71. The Morgan fingerprint density at radius 3 is 2.44 bits per heavy atom. The first-order valence-corrected chi connectivity index (χ1v) is 9.61. The number of carbonyl (C=O) groups is 2. The van der Waals surface area contributed by atoms with Gasteiger partial charge in [0.25, 0.3) is 11.6 Å². The summed E-state index contributed by atoms with van der Waals surface area (Å²) in [7, 11) is 1.83. The van der Waals surface area contributed by atoms with Crippen molar-refractivity contribution in [1.82, 2.24) is 10.6 Å². The first kappa shape index (κ1) is 20.6. The smallest absolute Gasteiger partial charge is 0.283 e. The van der Waals surface area contributed by atoms with Gasteiger partial charge in [0.15, 0.2) is 5.78 Å². The SMILES string of the molecule is CNCCCNC(=O)c1ccccc1C(=O)c1ccc(SC)c([N+](=O)[O-])c1. The number of nitro benzene ring substituents is 1. The molecule has 1 amide bonds. The van der Waals surface area contributed by atoms with Crippen LogP contribution in [-0.4, -0.2) is 43.0 Å². The molecule has 0 fully saturated rings. The fraction of sp³-hybridized carbons (Fsp3) is 0.263. The topological polar surface area (TPSA) is 101 Å². The Morgan fingerprint density at radius 1 is 1.11 bits per heavy atom. The molecule has 2 aromatic rings. The second kappa shape index (κ2) is 9.84. The molecule has 27 heavy (non-hydrogen) atoms. The molecule has 0 aliphatic carbocycles. The van der Waals surface area contributed by atoms with Crippen LogP contribution in [0.4, 0.5) is 5.69 Å². The molecule has 0 aliphatic heterocycles. The predicted molar refractivity (Wildman–Crippen MR) is 106 cm³/mol. The van der Waals surface area contributed by atoms with E-state index in [1.165, 1.54) is 17.8 Å². The molecule has 0 aliphatic rings. The summed E-state index contributed by atoms with van der Waals surface area (Å²) in [4.78, 5) is 36.6. The minimum absolute atomic E-state index is 0.123. The first-order chi connectivity index (χ1) is 13.0. The van der Waals surface area contributed by atoms with Crippen molar-refractivity contribution in [2.45, 2.75) is 11.3 Å². The normalized spacial score (nSPS) is 10.4. The highest BCUT2D eigenvalue weighted by molar-refractivity contribution is 7.98. The summed E-state index contributed by atoms with van der Waals surface area (Å²) >= 11 is 1.24. The fourth-order valence-electron chi connectivity index (χ4n) is 2.57. The fourth-order valence-corrected chi connectivity index (χ4v) is 3.12. The Morgan fingerprint density at radius 2 is 1.81 bits per heavy atom. The number of thioether (sulfide) groups is 1. The van der Waals surface area contributed by atoms with Gasteiger partial charge in [-0.3, -0.25) is 19.7 Å². The summed E-state index contributed by atoms with van der Waals surface area (Å²) in [5.41, 5.74) is 0.524. The maximum Gasteiger partial charge on any atom is 0.283 e. The van der Waals surface area contributed by atoms with E-state index in [0.29, 0.717) is 11.4 Å². The minimum atomic E-state index is -0.511. The van der Waals surface area contributed by atoms with Crippen LogP contribution in [0.3, 0.4) is 0 Å². The lowest BCUT2D eigenvalue weighted by molar-refractivity contribution is -0.387. The Kier molecular flexibility index (Phi) is 7.51. The van der Waals surface area contributed by atoms with E-state index in [4.69, 9.17) is 0 Å². The lowest BCUT2D eigenvalue weighted by Gasteiger charge is -2.10. The molecule has 0 radical (unpaired) electrons. The Balaban J connectivity index is 2.31. The highest BCUT2D eigenvalue weighted by Gasteiger charge is 2.21. The molecule has 0 aromatic heterocycles. The third kappa shape index (κ3) is 5.15. The number of ketones is 1. The van der Waals surface area contributed by atoms with Gasteiger partial charge < -0.3 is 10.6 Å². The van der Waals surface area contributed by atoms with E-state index in [0.717, 1.165) is 13.0 Å². The van der Waals surface area contributed by atoms with Gasteiger partial charge in [-0.2, -0.15) is 0 Å². The second-order valence-corrected chi connectivity index (χ2v) is 6.58. The highest BCUT2D eigenvalue weighted by Crippen LogP contribution is 2.29. The van der Waals surface area contributed by atoms with Crippen molar-refractivity contribution >= 4 is 29.1 Å². The molecule has 0 heterocycles. The summed E-state index contributed by atoms with van der Waals surface area (Å²) < 4.78 is 0. The molecule has 2 rings (SSSR count). The summed E-state index contributed by atoms with van der Waals surface area (Å²) in [6, 6.07) is 10.8. The molecule has 142 valence electrons. The maximum atomic E-state index is 12.9. The third-order valence-electron chi connectivity index (χ3n) is 3.94. The van der Waals surface area contributed by atoms with Gasteiger partial charge in [-0.25, -0.2) is 0 Å². The van der Waals surface area contributed by atoms with Crippen molar-refractivity contribution in [3.63, 3.8) is 0 Å². The molecule has 2 aromatic carbocycles. The summed E-state index contributed by atoms with van der Waals surface area (Å²) in [5, 5.41) is 17.0. The van der Waals surface area contributed by atoms with Gasteiger partial charge in [-0.15, -0.1) is 11.8 Å². The van der Waals surface area contributed by atoms with Gasteiger partial charge in [0.1, 0.15) is 0 Å². The molecule has 0 atom stereocenters. The van der Waals surface area contributed by atoms with Crippen LogP contribution in [0.1, 0.15) is 32.7 Å². The number of hydrogen-bond donors (Lipinski definition) is 2. The third-order valence-corrected chi connectivity index (χ3v) is 4.73. The van der Waals surface area contributed by atoms with E-state index in [1.807, 2.05) is 7.05 Å². The molecule has 7 nitrogen and oxygen atoms in total. The predicted octanol–water partition coefficient (Wildman–Crippen LogP) is 2.89. The number of amides is 1. The van der Waals surface area contributed by atoms with Crippen molar-refractivity contribution < 1.29 is 14.5 Å². The van der Waals surface area contributed by atoms with Crippen LogP contribution in [-0.2, 0) is 0 Å². The first-order valence-electron chi connectivity index (χ1n) is 8.38. The number of nitrogens with one attached hydrogen (secondary N) is 2. The molecule has 0 bridgehead atoms. The van der Waals surface area contributed by atoms with Gasteiger partial charge in [0, 0.05) is 23.7 Å². The van der Waals surface area contributed by atoms with E-state index < -0.39 is 10.7 Å². The van der Waals surface area contributed by atoms with Crippen LogP contribution in [0.5, 0.6) is 0 Å². The molecule has 0 unspecified atom stereocenters. The molecule has 0 saturated carbocycles. The lowest BCUT2D eigenvalue weighted by atomic mass is 9.97. The van der Waals surface area contributed by atoms with Gasteiger partial charge >= 0.3 is 0 Å². The van der Waals surface area contributed by atoms with Crippen molar-refractivity contribution in [2.24, 2.45) is 0 Å². The second-order valence-electron chi connectivity index (χ2n) is 5.73. The monoisotopic (exact) mass is 387 g/mol. The zero-order valence-electron chi connectivity index (χ0n) is 15.2. The number of rotatable bonds is 9. The van der Waals surface area contributed by atoms with E-state index in [2.05, 4.69) is 10.6 Å². The van der Waals surface area contributed by atoms with Gasteiger partial charge in [0.05, 0.1) is 15.4 Å². The van der Waals surface area contributed by atoms with Crippen molar-refractivity contribution in [3.8, 4) is 0 Å². The van der Waals surface area contributed by atoms with Crippen molar-refractivity contribution in [3.05, 3.63) is 69.3 Å². The summed E-state index contributed by atoms with van der Waals surface area (Å²) in [5.74, 6) is -0.767. The molecular weight excluding hydrogens is 366 g/mol. The van der Waals surface area contributed by atoms with Crippen molar-refractivity contribution in [1.29, 1.82) is 0 Å². The quantitative estimate of drug-likeness (QED) is 0.226. The van der Waals surface area contributed by atoms with Crippen LogP contribution in [0.25, 0.3) is 0 Å². The molecule has 8 heteroatoms. The lowest BCUT2D eigenvalue weighted by Crippen LogP contribution is -2.28. The van der Waals surface area contributed by atoms with Gasteiger partial charge in [-0.1, -0.05) is 18.2 Å². The average Bonchev–Trinajstić information content (AvgIpc) is 2.70. The molecule has 0 spiro atoms. The summed E-state index contributed by atoms with van der Waals surface area (Å²) in [6.07, 6.45) is 2.50. The molecule has 0 saturated heterocycles. The number of hydrogen-bond acceptors (Lipinski definition) is 6. The Labute approximate surface area is 161 Å². The van der Waals surface area contributed by atoms with Crippen LogP contribution in [0.2, 0.25) is 0 Å². The zero-order chi connectivity index (χ0) is 19.8. The number of nitro groups is 1. The Bertz CT molecular complexity index is 855. The largest absolute Gasteiger partial charge is 0.352 e. The van der Waals surface area contributed by atoms with E-state index >= 15 is 0 Å². The number of nitrogens with zero attached hydrogens (tertiary/aromatic N) is 1. The zero-order valence-corrected chi connectivity index (χ0v) is 16.0. The highest BCUT2D eigenvalue weighted by atomic mass is 32.2. The molecular formula is C19H21N3O4S. The number of benzene rings is 2. The van der Waals surface area contributed by atoms with Crippen LogP contribution in [0, 0.1) is 10.1 Å². The number of carbonyl (C=O) groups excluding carboxylic acids is 2. The van der Waals surface area contributed by atoms with Crippen LogP contribution < -0.4 is 10.6 Å². The average molecular weight is 387 g/mol. The van der Waals surface area contributed by atoms with Gasteiger partial charge in [-0.05, 0) is 44.5 Å². The van der Waals surface area contributed by atoms with Crippen LogP contribution in [0.15, 0.2) is 47.4 Å². The standard InChI is InChI=1S/C19H21N3O4S/c1-20-10-5-11-21-19(24)15-7-4-3-6-14(15)18(23)13-8-9-17(27-2)16(12-13)22(25)26/h3-4,6-9,12,20H,5,10-11H2,1-2H3,(H,21,24). The minimum Gasteiger partial charge on any atom is -0.352 e. The summed E-state index contributed by atoms with van der Waals surface area (Å²) in [6.45, 7) is 1.25.